The Labute approximate surface area is 167 Å². The molecule has 0 unspecified atom stereocenters. The number of benzene rings is 1. The monoisotopic (exact) mass is 394 g/mol. The van der Waals surface area contributed by atoms with Gasteiger partial charge < -0.3 is 25.2 Å². The molecule has 1 aromatic rings. The van der Waals surface area contributed by atoms with Crippen LogP contribution < -0.4 is 10.6 Å². The Morgan fingerprint density at radius 1 is 1.14 bits per heavy atom. The largest absolute Gasteiger partial charge is 0.465 e. The summed E-state index contributed by atoms with van der Waals surface area (Å²) >= 11 is 0. The first-order chi connectivity index (χ1) is 13.2. The van der Waals surface area contributed by atoms with Gasteiger partial charge in [-0.15, -0.1) is 0 Å². The first-order valence-electron chi connectivity index (χ1n) is 9.79. The van der Waals surface area contributed by atoms with Crippen molar-refractivity contribution in [1.82, 2.24) is 10.6 Å². The molecular weight excluding hydrogens is 360 g/mol. The number of hydrogen-bond donors (Lipinski definition) is 3. The molecule has 0 aliphatic heterocycles. The van der Waals surface area contributed by atoms with Gasteiger partial charge in [0.25, 0.3) is 0 Å². The number of amides is 1. The van der Waals surface area contributed by atoms with Gasteiger partial charge in [0, 0.05) is 0 Å². The molecule has 0 aliphatic carbocycles. The maximum Gasteiger partial charge on any atom is 0.407 e. The summed E-state index contributed by atoms with van der Waals surface area (Å²) in [7, 11) is 0. The highest BCUT2D eigenvalue weighted by Gasteiger charge is 2.35. The number of nitrogens with one attached hydrogen (secondary N) is 2. The second-order valence-electron chi connectivity index (χ2n) is 7.62. The van der Waals surface area contributed by atoms with Crippen molar-refractivity contribution in [2.45, 2.75) is 71.2 Å². The highest BCUT2D eigenvalue weighted by Crippen LogP contribution is 2.13. The summed E-state index contributed by atoms with van der Waals surface area (Å²) in [5.74, 6) is -0.549. The van der Waals surface area contributed by atoms with Crippen LogP contribution in [0.4, 0.5) is 4.79 Å². The van der Waals surface area contributed by atoms with Crippen LogP contribution in [0, 0.1) is 0 Å². The molecule has 0 saturated heterocycles. The van der Waals surface area contributed by atoms with E-state index in [0.29, 0.717) is 13.0 Å². The Hall–Kier alpha value is -2.12. The fourth-order valence-corrected chi connectivity index (χ4v) is 2.69. The summed E-state index contributed by atoms with van der Waals surface area (Å²) in [6.07, 6.45) is -0.722. The van der Waals surface area contributed by atoms with Crippen molar-refractivity contribution in [2.75, 3.05) is 13.2 Å². The second-order valence-corrected chi connectivity index (χ2v) is 7.62. The zero-order valence-electron chi connectivity index (χ0n) is 17.5. The lowest BCUT2D eigenvalue weighted by molar-refractivity contribution is -0.149. The fraction of sp³-hybridized carbons (Fsp3) is 0.619. The van der Waals surface area contributed by atoms with Crippen molar-refractivity contribution < 1.29 is 24.2 Å². The van der Waals surface area contributed by atoms with E-state index in [2.05, 4.69) is 10.6 Å². The van der Waals surface area contributed by atoms with Crippen molar-refractivity contribution in [3.05, 3.63) is 35.9 Å². The maximum absolute atomic E-state index is 12.4. The van der Waals surface area contributed by atoms with Gasteiger partial charge in [-0.1, -0.05) is 37.3 Å². The number of carbonyl (C=O) groups excluding carboxylic acids is 2. The van der Waals surface area contributed by atoms with Crippen LogP contribution in [-0.4, -0.2) is 54.1 Å². The van der Waals surface area contributed by atoms with Gasteiger partial charge >= 0.3 is 12.1 Å². The molecule has 0 spiro atoms. The Kier molecular flexibility index (Phi) is 9.96. The number of alkyl carbamates (subject to hydrolysis) is 1. The van der Waals surface area contributed by atoms with E-state index in [0.717, 1.165) is 12.0 Å². The minimum atomic E-state index is -1.20. The Bertz CT molecular complexity index is 601. The van der Waals surface area contributed by atoms with Gasteiger partial charge in [0.15, 0.2) is 0 Å². The predicted octanol–water partition coefficient (Wildman–Crippen LogP) is 2.41. The lowest BCUT2D eigenvalue weighted by Crippen LogP contribution is -2.57. The molecule has 3 N–H and O–H groups in total. The van der Waals surface area contributed by atoms with Crippen LogP contribution in [0.15, 0.2) is 30.3 Å². The Morgan fingerprint density at radius 3 is 2.32 bits per heavy atom. The Balaban J connectivity index is 3.03. The summed E-state index contributed by atoms with van der Waals surface area (Å²) in [5, 5.41) is 16.7. The standard InChI is InChI=1S/C21H34N2O5/c1-6-13-22-17(19(25)27-7-2)18(24)16(14-15-11-9-8-10-12-15)23-20(26)28-21(3,4)5/h8-12,16-18,22,24H,6-7,13-14H2,1-5H3,(H,23,26)/t16-,17+,18+/m0/s1. The van der Waals surface area contributed by atoms with Gasteiger partial charge in [-0.25, -0.2) is 4.79 Å². The van der Waals surface area contributed by atoms with Crippen LogP contribution in [0.2, 0.25) is 0 Å². The third-order valence-electron chi connectivity index (χ3n) is 3.91. The molecule has 7 nitrogen and oxygen atoms in total. The summed E-state index contributed by atoms with van der Waals surface area (Å²) in [6.45, 7) is 9.70. The summed E-state index contributed by atoms with van der Waals surface area (Å²) in [4.78, 5) is 24.7. The van der Waals surface area contributed by atoms with E-state index in [1.54, 1.807) is 27.7 Å². The highest BCUT2D eigenvalue weighted by molar-refractivity contribution is 5.77. The third kappa shape index (κ3) is 8.71. The predicted molar refractivity (Wildman–Crippen MR) is 108 cm³/mol. The number of hydrogen-bond acceptors (Lipinski definition) is 6. The molecule has 0 fully saturated rings. The molecule has 3 atom stereocenters. The van der Waals surface area contributed by atoms with Crippen LogP contribution in [-0.2, 0) is 20.7 Å². The number of rotatable bonds is 10. The lowest BCUT2D eigenvalue weighted by Gasteiger charge is -2.31. The summed E-state index contributed by atoms with van der Waals surface area (Å²) in [6, 6.07) is 7.75. The smallest absolute Gasteiger partial charge is 0.407 e. The number of esters is 1. The number of aliphatic hydroxyl groups is 1. The maximum atomic E-state index is 12.4. The molecule has 1 amide bonds. The van der Waals surface area contributed by atoms with Crippen molar-refractivity contribution >= 4 is 12.1 Å². The fourth-order valence-electron chi connectivity index (χ4n) is 2.69. The third-order valence-corrected chi connectivity index (χ3v) is 3.91. The van der Waals surface area contributed by atoms with Crippen LogP contribution in [0.5, 0.6) is 0 Å². The highest BCUT2D eigenvalue weighted by atomic mass is 16.6. The van der Waals surface area contributed by atoms with Gasteiger partial charge in [0.1, 0.15) is 17.7 Å². The minimum Gasteiger partial charge on any atom is -0.465 e. The Morgan fingerprint density at radius 2 is 1.79 bits per heavy atom. The van der Waals surface area contributed by atoms with E-state index in [1.807, 2.05) is 37.3 Å². The van der Waals surface area contributed by atoms with Gasteiger partial charge in [0.05, 0.1) is 12.6 Å². The first kappa shape index (κ1) is 23.9. The second kappa shape index (κ2) is 11.7. The van der Waals surface area contributed by atoms with Crippen LogP contribution in [0.1, 0.15) is 46.6 Å². The van der Waals surface area contributed by atoms with E-state index in [9.17, 15) is 14.7 Å². The SMILES string of the molecule is CCCN[C@@H](C(=O)OCC)[C@H](O)[C@H](Cc1ccccc1)NC(=O)OC(C)(C)C. The molecular formula is C21H34N2O5. The zero-order valence-corrected chi connectivity index (χ0v) is 17.5. The number of carbonyl (C=O) groups is 2. The van der Waals surface area contributed by atoms with Crippen molar-refractivity contribution in [2.24, 2.45) is 0 Å². The molecule has 0 saturated carbocycles. The van der Waals surface area contributed by atoms with E-state index in [-0.39, 0.29) is 6.61 Å². The normalized spacial score (nSPS) is 14.6. The van der Waals surface area contributed by atoms with Gasteiger partial charge in [0.2, 0.25) is 0 Å². The van der Waals surface area contributed by atoms with E-state index >= 15 is 0 Å². The summed E-state index contributed by atoms with van der Waals surface area (Å²) < 4.78 is 10.4. The van der Waals surface area contributed by atoms with E-state index in [1.165, 1.54) is 0 Å². The topological polar surface area (TPSA) is 96.9 Å². The zero-order chi connectivity index (χ0) is 21.2. The quantitative estimate of drug-likeness (QED) is 0.528. The average molecular weight is 395 g/mol. The van der Waals surface area contributed by atoms with E-state index in [4.69, 9.17) is 9.47 Å². The summed E-state index contributed by atoms with van der Waals surface area (Å²) in [5.41, 5.74) is 0.244. The number of ether oxygens (including phenoxy) is 2. The minimum absolute atomic E-state index is 0.207. The van der Waals surface area contributed by atoms with Gasteiger partial charge in [-0.3, -0.25) is 4.79 Å². The molecule has 1 aromatic carbocycles. The number of aliphatic hydroxyl groups excluding tert-OH is 1. The van der Waals surface area contributed by atoms with Gasteiger partial charge in [-0.2, -0.15) is 0 Å². The van der Waals surface area contributed by atoms with Crippen LogP contribution in [0.3, 0.4) is 0 Å². The molecule has 1 rings (SSSR count). The van der Waals surface area contributed by atoms with Gasteiger partial charge in [-0.05, 0) is 52.6 Å². The van der Waals surface area contributed by atoms with E-state index < -0.39 is 35.9 Å². The van der Waals surface area contributed by atoms with Crippen molar-refractivity contribution in [3.63, 3.8) is 0 Å². The van der Waals surface area contributed by atoms with Crippen molar-refractivity contribution in [1.29, 1.82) is 0 Å². The average Bonchev–Trinajstić information content (AvgIpc) is 2.61. The molecule has 0 bridgehead atoms. The molecule has 0 radical (unpaired) electrons. The lowest BCUT2D eigenvalue weighted by atomic mass is 9.96. The molecule has 28 heavy (non-hydrogen) atoms. The first-order valence-corrected chi connectivity index (χ1v) is 9.79. The molecule has 0 aromatic heterocycles. The van der Waals surface area contributed by atoms with Crippen LogP contribution in [0.25, 0.3) is 0 Å². The molecule has 158 valence electrons. The molecule has 7 heteroatoms. The van der Waals surface area contributed by atoms with Crippen LogP contribution >= 0.6 is 0 Å². The molecule has 0 heterocycles. The van der Waals surface area contributed by atoms with Crippen molar-refractivity contribution in [3.8, 4) is 0 Å². The molecule has 0 aliphatic rings.